The Kier molecular flexibility index (Phi) is 6.60. The Morgan fingerprint density at radius 2 is 2.00 bits per heavy atom. The van der Waals surface area contributed by atoms with Crippen molar-refractivity contribution in [1.29, 1.82) is 0 Å². The lowest BCUT2D eigenvalue weighted by atomic mass is 9.96. The van der Waals surface area contributed by atoms with E-state index in [1.165, 1.54) is 42.7 Å². The molecule has 1 heterocycles. The van der Waals surface area contributed by atoms with E-state index in [4.69, 9.17) is 4.74 Å². The number of rotatable bonds is 9. The predicted molar refractivity (Wildman–Crippen MR) is 102 cm³/mol. The van der Waals surface area contributed by atoms with E-state index in [1.807, 2.05) is 0 Å². The number of aliphatic hydroxyl groups is 1. The molecule has 0 aliphatic heterocycles. The molecule has 2 atom stereocenters. The molecule has 140 valence electrons. The molecule has 1 aliphatic carbocycles. The minimum atomic E-state index is -0.644. The quantitative estimate of drug-likeness (QED) is 0.512. The number of ether oxygens (including phenoxy) is 1. The van der Waals surface area contributed by atoms with Crippen LogP contribution >= 0.6 is 11.3 Å². The second kappa shape index (κ2) is 9.12. The number of nitro groups is 1. The van der Waals surface area contributed by atoms with Gasteiger partial charge in [-0.25, -0.2) is 0 Å². The highest BCUT2D eigenvalue weighted by Gasteiger charge is 2.27. The third-order valence-electron chi connectivity index (χ3n) is 4.78. The maximum absolute atomic E-state index is 10.7. The molecule has 0 spiro atoms. The minimum absolute atomic E-state index is 0.0231. The monoisotopic (exact) mass is 376 g/mol. The molecule has 1 aromatic carbocycles. The molecule has 0 bridgehead atoms. The van der Waals surface area contributed by atoms with Crippen LogP contribution in [0.15, 0.2) is 41.8 Å². The summed E-state index contributed by atoms with van der Waals surface area (Å²) >= 11 is 1.75. The Hall–Kier alpha value is -1.96. The van der Waals surface area contributed by atoms with Crippen LogP contribution < -0.4 is 10.1 Å². The van der Waals surface area contributed by atoms with E-state index in [9.17, 15) is 15.2 Å². The molecular weight excluding hydrogens is 352 g/mol. The van der Waals surface area contributed by atoms with Gasteiger partial charge in [0.25, 0.3) is 5.69 Å². The number of non-ortho nitro benzene ring substituents is 1. The Balaban J connectivity index is 1.48. The smallest absolute Gasteiger partial charge is 0.269 e. The number of aliphatic hydroxyl groups excluding tert-OH is 1. The third-order valence-corrected chi connectivity index (χ3v) is 5.74. The van der Waals surface area contributed by atoms with E-state index >= 15 is 0 Å². The van der Waals surface area contributed by atoms with Crippen LogP contribution in [0.1, 0.15) is 36.6 Å². The van der Waals surface area contributed by atoms with Gasteiger partial charge >= 0.3 is 0 Å². The average Bonchev–Trinajstić information content (AvgIpc) is 3.35. The third kappa shape index (κ3) is 5.03. The zero-order chi connectivity index (χ0) is 18.4. The highest BCUT2D eigenvalue weighted by Crippen LogP contribution is 2.37. The molecule has 6 nitrogen and oxygen atoms in total. The molecular formula is C19H24N2O4S. The molecule has 1 aliphatic rings. The largest absolute Gasteiger partial charge is 0.491 e. The summed E-state index contributed by atoms with van der Waals surface area (Å²) in [5.41, 5.74) is 0.0231. The summed E-state index contributed by atoms with van der Waals surface area (Å²) < 4.78 is 5.54. The number of thiophene rings is 1. The lowest BCUT2D eigenvalue weighted by molar-refractivity contribution is -0.384. The zero-order valence-corrected chi connectivity index (χ0v) is 15.4. The lowest BCUT2D eigenvalue weighted by Crippen LogP contribution is -2.36. The predicted octanol–water partition coefficient (Wildman–Crippen LogP) is 3.92. The summed E-state index contributed by atoms with van der Waals surface area (Å²) in [6.07, 6.45) is 4.37. The lowest BCUT2D eigenvalue weighted by Gasteiger charge is -2.25. The van der Waals surface area contributed by atoms with Crippen LogP contribution in [-0.4, -0.2) is 29.3 Å². The maximum Gasteiger partial charge on any atom is 0.269 e. The van der Waals surface area contributed by atoms with Gasteiger partial charge in [-0.2, -0.15) is 0 Å². The van der Waals surface area contributed by atoms with Gasteiger partial charge in [0.15, 0.2) is 0 Å². The van der Waals surface area contributed by atoms with Crippen molar-refractivity contribution in [3.05, 3.63) is 56.8 Å². The van der Waals surface area contributed by atoms with Crippen molar-refractivity contribution >= 4 is 17.0 Å². The normalized spacial score (nSPS) is 17.1. The first-order valence-corrected chi connectivity index (χ1v) is 9.83. The fourth-order valence-corrected chi connectivity index (χ4v) is 4.33. The van der Waals surface area contributed by atoms with Crippen LogP contribution in [0.4, 0.5) is 5.69 Å². The summed E-state index contributed by atoms with van der Waals surface area (Å²) in [5, 5.41) is 26.5. The van der Waals surface area contributed by atoms with Gasteiger partial charge < -0.3 is 15.2 Å². The summed E-state index contributed by atoms with van der Waals surface area (Å²) in [6.45, 7) is 0.596. The highest BCUT2D eigenvalue weighted by molar-refractivity contribution is 7.10. The van der Waals surface area contributed by atoms with E-state index in [-0.39, 0.29) is 18.3 Å². The van der Waals surface area contributed by atoms with Crippen LogP contribution in [0.25, 0.3) is 0 Å². The molecule has 2 unspecified atom stereocenters. The molecule has 2 aromatic rings. The zero-order valence-electron chi connectivity index (χ0n) is 14.5. The van der Waals surface area contributed by atoms with Crippen molar-refractivity contribution in [2.24, 2.45) is 5.92 Å². The first-order valence-electron chi connectivity index (χ1n) is 8.95. The highest BCUT2D eigenvalue weighted by atomic mass is 32.1. The Morgan fingerprint density at radius 1 is 1.27 bits per heavy atom. The van der Waals surface area contributed by atoms with Crippen LogP contribution in [0.5, 0.6) is 5.75 Å². The second-order valence-electron chi connectivity index (χ2n) is 6.66. The van der Waals surface area contributed by atoms with Gasteiger partial charge in [0.1, 0.15) is 18.5 Å². The molecule has 3 rings (SSSR count). The number of nitrogens with zero attached hydrogens (tertiary/aromatic N) is 1. The Morgan fingerprint density at radius 3 is 2.62 bits per heavy atom. The molecule has 26 heavy (non-hydrogen) atoms. The SMILES string of the molecule is O=[N+]([O-])c1ccc(OCC(O)CNC(c2cccs2)C2CCCC2)cc1. The minimum Gasteiger partial charge on any atom is -0.491 e. The number of nitrogens with one attached hydrogen (secondary N) is 1. The number of hydrogen-bond acceptors (Lipinski definition) is 6. The van der Waals surface area contributed by atoms with Crippen molar-refractivity contribution in [2.45, 2.75) is 37.8 Å². The van der Waals surface area contributed by atoms with Gasteiger partial charge in [0.05, 0.1) is 4.92 Å². The maximum atomic E-state index is 10.7. The molecule has 0 amide bonds. The van der Waals surface area contributed by atoms with Crippen LogP contribution in [0.2, 0.25) is 0 Å². The summed E-state index contributed by atoms with van der Waals surface area (Å²) in [7, 11) is 0. The van der Waals surface area contributed by atoms with Gasteiger partial charge in [-0.3, -0.25) is 10.1 Å². The van der Waals surface area contributed by atoms with Gasteiger partial charge in [0, 0.05) is 29.6 Å². The molecule has 7 heteroatoms. The van der Waals surface area contributed by atoms with Crippen LogP contribution in [0.3, 0.4) is 0 Å². The van der Waals surface area contributed by atoms with E-state index in [1.54, 1.807) is 23.5 Å². The first-order chi connectivity index (χ1) is 12.6. The fraction of sp³-hybridized carbons (Fsp3) is 0.474. The van der Waals surface area contributed by atoms with Gasteiger partial charge in [-0.15, -0.1) is 11.3 Å². The van der Waals surface area contributed by atoms with Gasteiger partial charge in [0.2, 0.25) is 0 Å². The average molecular weight is 376 g/mol. The molecule has 2 N–H and O–H groups in total. The van der Waals surface area contributed by atoms with E-state index < -0.39 is 11.0 Å². The molecule has 1 fully saturated rings. The number of nitro benzene ring substituents is 1. The van der Waals surface area contributed by atoms with E-state index in [2.05, 4.69) is 22.8 Å². The van der Waals surface area contributed by atoms with Crippen LogP contribution in [0, 0.1) is 16.0 Å². The fourth-order valence-electron chi connectivity index (χ4n) is 3.44. The molecule has 1 saturated carbocycles. The number of benzene rings is 1. The molecule has 0 saturated heterocycles. The van der Waals surface area contributed by atoms with Crippen molar-refractivity contribution in [1.82, 2.24) is 5.32 Å². The van der Waals surface area contributed by atoms with Gasteiger partial charge in [-0.1, -0.05) is 18.9 Å². The Bertz CT molecular complexity index is 684. The topological polar surface area (TPSA) is 84.6 Å². The molecule has 0 radical (unpaired) electrons. The van der Waals surface area contributed by atoms with Gasteiger partial charge in [-0.05, 0) is 42.3 Å². The first kappa shape index (κ1) is 18.8. The summed E-state index contributed by atoms with van der Waals surface area (Å²) in [6, 6.07) is 10.4. The van der Waals surface area contributed by atoms with E-state index in [0.29, 0.717) is 18.2 Å². The number of hydrogen-bond donors (Lipinski definition) is 2. The second-order valence-corrected chi connectivity index (χ2v) is 7.64. The molecule has 1 aromatic heterocycles. The Labute approximate surface area is 157 Å². The van der Waals surface area contributed by atoms with Crippen molar-refractivity contribution in [3.63, 3.8) is 0 Å². The van der Waals surface area contributed by atoms with E-state index in [0.717, 1.165) is 0 Å². The van der Waals surface area contributed by atoms with Crippen molar-refractivity contribution in [3.8, 4) is 5.75 Å². The van der Waals surface area contributed by atoms with Crippen molar-refractivity contribution in [2.75, 3.05) is 13.2 Å². The van der Waals surface area contributed by atoms with Crippen LogP contribution in [-0.2, 0) is 0 Å². The standard InChI is InChI=1S/C19H24N2O4S/c22-16(13-25-17-9-7-15(8-10-17)21(23)24)12-20-19(14-4-1-2-5-14)18-6-3-11-26-18/h3,6-11,14,16,19-20,22H,1-2,4-5,12-13H2. The summed E-state index contributed by atoms with van der Waals surface area (Å²) in [5.74, 6) is 1.14. The van der Waals surface area contributed by atoms with Crippen molar-refractivity contribution < 1.29 is 14.8 Å². The summed E-state index contributed by atoms with van der Waals surface area (Å²) in [4.78, 5) is 11.5.